The highest BCUT2D eigenvalue weighted by atomic mass is 15.3. The van der Waals surface area contributed by atoms with Crippen LogP contribution in [0.25, 0.3) is 5.65 Å². The van der Waals surface area contributed by atoms with Gasteiger partial charge in [0.25, 0.3) is 0 Å². The van der Waals surface area contributed by atoms with Crippen LogP contribution in [0.2, 0.25) is 0 Å². The van der Waals surface area contributed by atoms with E-state index in [0.717, 1.165) is 17.6 Å². The van der Waals surface area contributed by atoms with Gasteiger partial charge in [0.2, 0.25) is 0 Å². The highest BCUT2D eigenvalue weighted by Gasteiger charge is 2.04. The summed E-state index contributed by atoms with van der Waals surface area (Å²) in [4.78, 5) is 4.37. The summed E-state index contributed by atoms with van der Waals surface area (Å²) in [5, 5.41) is 22.9. The summed E-state index contributed by atoms with van der Waals surface area (Å²) in [5.41, 5.74) is 2.97. The van der Waals surface area contributed by atoms with Gasteiger partial charge in [-0.1, -0.05) is 0 Å². The zero-order valence-corrected chi connectivity index (χ0v) is 9.88. The van der Waals surface area contributed by atoms with Gasteiger partial charge in [-0.15, -0.1) is 0 Å². The number of allylic oxidation sites excluding steroid dienone is 1. The minimum atomic E-state index is 0.197. The minimum absolute atomic E-state index is 0.197. The van der Waals surface area contributed by atoms with E-state index >= 15 is 0 Å². The van der Waals surface area contributed by atoms with Crippen molar-refractivity contribution in [2.24, 2.45) is 0 Å². The number of fused-ring (bicyclic) bond motifs is 1. The van der Waals surface area contributed by atoms with Crippen molar-refractivity contribution in [1.82, 2.24) is 14.6 Å². The van der Waals surface area contributed by atoms with Gasteiger partial charge in [-0.05, 0) is 18.6 Å². The van der Waals surface area contributed by atoms with E-state index in [-0.39, 0.29) is 6.42 Å². The largest absolute Gasteiger partial charge is 0.357 e. The summed E-state index contributed by atoms with van der Waals surface area (Å²) in [6.07, 6.45) is 6.46. The normalized spacial score (nSPS) is 11.2. The fourth-order valence-electron chi connectivity index (χ4n) is 1.47. The molecule has 0 atom stereocenters. The number of anilines is 1. The van der Waals surface area contributed by atoms with Crippen molar-refractivity contribution in [1.29, 1.82) is 10.7 Å². The van der Waals surface area contributed by atoms with E-state index in [1.54, 1.807) is 16.9 Å². The first kappa shape index (κ1) is 11.8. The van der Waals surface area contributed by atoms with Gasteiger partial charge in [0.1, 0.15) is 5.69 Å². The Morgan fingerprint density at radius 2 is 2.50 bits per heavy atom. The van der Waals surface area contributed by atoms with Gasteiger partial charge < -0.3 is 10.7 Å². The van der Waals surface area contributed by atoms with Gasteiger partial charge in [-0.3, -0.25) is 0 Å². The molecule has 0 fully saturated rings. The Bertz CT molecular complexity index is 646. The van der Waals surface area contributed by atoms with Crippen LogP contribution in [0, 0.1) is 23.7 Å². The highest BCUT2D eigenvalue weighted by Crippen LogP contribution is 2.14. The lowest BCUT2D eigenvalue weighted by Crippen LogP contribution is -1.95. The van der Waals surface area contributed by atoms with Crippen LogP contribution in [0.5, 0.6) is 0 Å². The molecule has 18 heavy (non-hydrogen) atoms. The van der Waals surface area contributed by atoms with Gasteiger partial charge in [-0.2, -0.15) is 10.4 Å². The number of rotatable bonds is 4. The first-order valence-electron chi connectivity index (χ1n) is 5.38. The molecule has 0 unspecified atom stereocenters. The third-order valence-electron chi connectivity index (χ3n) is 2.39. The van der Waals surface area contributed by atoms with E-state index in [1.807, 2.05) is 25.3 Å². The Labute approximate surface area is 104 Å². The standard InChI is InChI=1S/C12H12N6/c1-9-3-5-18-12(17-9)11(8-16-18)15-7-10(6-14)2-4-13/h3,5-8,14-15H,2H2,1H3/b10-7-,14-6?. The molecule has 0 aliphatic carbocycles. The second kappa shape index (κ2) is 5.10. The van der Waals surface area contributed by atoms with Crippen molar-refractivity contribution >= 4 is 17.5 Å². The van der Waals surface area contributed by atoms with E-state index in [0.29, 0.717) is 11.2 Å². The van der Waals surface area contributed by atoms with Crippen LogP contribution >= 0.6 is 0 Å². The molecule has 6 heteroatoms. The number of nitrogens with zero attached hydrogens (tertiary/aromatic N) is 4. The molecule has 0 bridgehead atoms. The van der Waals surface area contributed by atoms with Crippen LogP contribution in [0.1, 0.15) is 12.1 Å². The number of nitriles is 1. The van der Waals surface area contributed by atoms with Gasteiger partial charge in [0, 0.05) is 24.3 Å². The Balaban J connectivity index is 2.30. The zero-order chi connectivity index (χ0) is 13.0. The fourth-order valence-corrected chi connectivity index (χ4v) is 1.47. The summed E-state index contributed by atoms with van der Waals surface area (Å²) in [6, 6.07) is 3.87. The maximum absolute atomic E-state index is 8.58. The molecule has 0 aromatic carbocycles. The number of nitrogens with one attached hydrogen (secondary N) is 2. The van der Waals surface area contributed by atoms with Crippen molar-refractivity contribution in [2.45, 2.75) is 13.3 Å². The number of aryl methyl sites for hydroxylation is 1. The zero-order valence-electron chi connectivity index (χ0n) is 9.88. The highest BCUT2D eigenvalue weighted by molar-refractivity contribution is 5.78. The van der Waals surface area contributed by atoms with Crippen molar-refractivity contribution in [3.63, 3.8) is 0 Å². The van der Waals surface area contributed by atoms with Gasteiger partial charge >= 0.3 is 0 Å². The smallest absolute Gasteiger partial charge is 0.179 e. The lowest BCUT2D eigenvalue weighted by Gasteiger charge is -2.00. The molecular formula is C12H12N6. The van der Waals surface area contributed by atoms with Gasteiger partial charge in [-0.25, -0.2) is 9.50 Å². The van der Waals surface area contributed by atoms with Crippen LogP contribution in [-0.4, -0.2) is 20.8 Å². The molecule has 6 nitrogen and oxygen atoms in total. The van der Waals surface area contributed by atoms with E-state index in [4.69, 9.17) is 10.7 Å². The molecule has 0 amide bonds. The molecule has 0 saturated heterocycles. The lowest BCUT2D eigenvalue weighted by atomic mass is 10.2. The quantitative estimate of drug-likeness (QED) is 0.798. The molecule has 2 heterocycles. The first-order valence-corrected chi connectivity index (χ1v) is 5.38. The van der Waals surface area contributed by atoms with Gasteiger partial charge in [0.05, 0.1) is 18.7 Å². The van der Waals surface area contributed by atoms with E-state index < -0.39 is 0 Å². The number of aromatic nitrogens is 3. The molecule has 2 aromatic heterocycles. The molecular weight excluding hydrogens is 228 g/mol. The molecule has 0 radical (unpaired) electrons. The molecule has 90 valence electrons. The van der Waals surface area contributed by atoms with E-state index in [1.165, 1.54) is 0 Å². The summed E-state index contributed by atoms with van der Waals surface area (Å²) in [5.74, 6) is 0. The predicted molar refractivity (Wildman–Crippen MR) is 68.4 cm³/mol. The van der Waals surface area contributed by atoms with Crippen LogP contribution in [0.3, 0.4) is 0 Å². The van der Waals surface area contributed by atoms with Crippen molar-refractivity contribution in [3.8, 4) is 6.07 Å². The molecule has 2 rings (SSSR count). The maximum Gasteiger partial charge on any atom is 0.179 e. The van der Waals surface area contributed by atoms with Crippen LogP contribution < -0.4 is 5.32 Å². The SMILES string of the molecule is Cc1ccn2ncc(N/C=C(\C=N)CC#N)c2n1. The average molecular weight is 240 g/mol. The van der Waals surface area contributed by atoms with E-state index in [9.17, 15) is 0 Å². The Kier molecular flexibility index (Phi) is 3.34. The van der Waals surface area contributed by atoms with Crippen LogP contribution in [0.4, 0.5) is 5.69 Å². The summed E-state index contributed by atoms with van der Waals surface area (Å²) in [7, 11) is 0. The Morgan fingerprint density at radius 3 is 3.22 bits per heavy atom. The van der Waals surface area contributed by atoms with Crippen molar-refractivity contribution in [2.75, 3.05) is 5.32 Å². The minimum Gasteiger partial charge on any atom is -0.357 e. The van der Waals surface area contributed by atoms with Crippen LogP contribution in [0.15, 0.2) is 30.2 Å². The molecule has 2 N–H and O–H groups in total. The monoisotopic (exact) mass is 240 g/mol. The van der Waals surface area contributed by atoms with Crippen LogP contribution in [-0.2, 0) is 0 Å². The number of hydrogen-bond donors (Lipinski definition) is 2. The lowest BCUT2D eigenvalue weighted by molar-refractivity contribution is 0.929. The van der Waals surface area contributed by atoms with Gasteiger partial charge in [0.15, 0.2) is 5.65 Å². The first-order chi connectivity index (χ1) is 8.74. The topological polar surface area (TPSA) is 89.9 Å². The second-order valence-electron chi connectivity index (χ2n) is 3.74. The fraction of sp³-hybridized carbons (Fsp3) is 0.167. The molecule has 2 aromatic rings. The third-order valence-corrected chi connectivity index (χ3v) is 2.39. The average Bonchev–Trinajstić information content (AvgIpc) is 2.77. The Morgan fingerprint density at radius 1 is 1.67 bits per heavy atom. The summed E-state index contributed by atoms with van der Waals surface area (Å²) >= 11 is 0. The molecule has 0 saturated carbocycles. The number of hydrogen-bond acceptors (Lipinski definition) is 5. The predicted octanol–water partition coefficient (Wildman–Crippen LogP) is 1.90. The summed E-state index contributed by atoms with van der Waals surface area (Å²) < 4.78 is 1.66. The summed E-state index contributed by atoms with van der Waals surface area (Å²) in [6.45, 7) is 1.91. The Hall–Kier alpha value is -2.68. The second-order valence-corrected chi connectivity index (χ2v) is 3.74. The van der Waals surface area contributed by atoms with Crippen molar-refractivity contribution in [3.05, 3.63) is 35.9 Å². The molecule has 0 aliphatic rings. The third kappa shape index (κ3) is 2.35. The van der Waals surface area contributed by atoms with E-state index in [2.05, 4.69) is 15.4 Å². The molecule has 0 aliphatic heterocycles. The van der Waals surface area contributed by atoms with Crippen molar-refractivity contribution < 1.29 is 0 Å². The molecule has 0 spiro atoms. The maximum atomic E-state index is 8.58.